The van der Waals surface area contributed by atoms with Crippen LogP contribution < -0.4 is 4.90 Å². The van der Waals surface area contributed by atoms with Crippen molar-refractivity contribution in [3.63, 3.8) is 0 Å². The molecule has 1 fully saturated rings. The van der Waals surface area contributed by atoms with Crippen LogP contribution in [0.15, 0.2) is 30.3 Å². The summed E-state index contributed by atoms with van der Waals surface area (Å²) in [5.41, 5.74) is 1.26. The molecule has 19 heavy (non-hydrogen) atoms. The van der Waals surface area contributed by atoms with Gasteiger partial charge in [0, 0.05) is 6.42 Å². The van der Waals surface area contributed by atoms with E-state index in [-0.39, 0.29) is 0 Å². The van der Waals surface area contributed by atoms with Gasteiger partial charge in [-0.1, -0.05) is 37.3 Å². The monoisotopic (exact) mass is 261 g/mol. The number of likely N-dealkylation sites (N-methyl/N-ethyl adjacent to an activating group) is 1. The summed E-state index contributed by atoms with van der Waals surface area (Å²) >= 11 is 0. The summed E-state index contributed by atoms with van der Waals surface area (Å²) in [6.07, 6.45) is 0.630. The number of rotatable bonds is 4. The Morgan fingerprint density at radius 3 is 2.47 bits per heavy atom. The molecule has 1 aliphatic heterocycles. The Kier molecular flexibility index (Phi) is 4.97. The van der Waals surface area contributed by atoms with Gasteiger partial charge in [-0.15, -0.1) is 0 Å². The van der Waals surface area contributed by atoms with Crippen molar-refractivity contribution >= 4 is 5.91 Å². The van der Waals surface area contributed by atoms with Crippen molar-refractivity contribution in [1.29, 1.82) is 0 Å². The normalized spacial score (nSPS) is 18.3. The SMILES string of the molecule is CC[NH+]1CCN(C(=O)CC(C)c2ccccc2)CC1. The van der Waals surface area contributed by atoms with Crippen molar-refractivity contribution in [3.05, 3.63) is 35.9 Å². The second kappa shape index (κ2) is 6.71. The standard InChI is InChI=1S/C16H24N2O/c1-3-17-9-11-18(12-10-17)16(19)13-14(2)15-7-5-4-6-8-15/h4-8,14H,3,9-13H2,1-2H3/p+1. The van der Waals surface area contributed by atoms with E-state index >= 15 is 0 Å². The van der Waals surface area contributed by atoms with Gasteiger partial charge in [0.15, 0.2) is 0 Å². The first-order chi connectivity index (χ1) is 9.20. The summed E-state index contributed by atoms with van der Waals surface area (Å²) in [5.74, 6) is 0.622. The molecule has 1 saturated heterocycles. The quantitative estimate of drug-likeness (QED) is 0.857. The van der Waals surface area contributed by atoms with Gasteiger partial charge in [-0.25, -0.2) is 0 Å². The fourth-order valence-corrected chi connectivity index (χ4v) is 2.72. The van der Waals surface area contributed by atoms with Crippen LogP contribution in [-0.2, 0) is 4.79 Å². The van der Waals surface area contributed by atoms with Crippen LogP contribution in [0.1, 0.15) is 31.7 Å². The molecule has 0 spiro atoms. The van der Waals surface area contributed by atoms with Crippen molar-refractivity contribution in [2.24, 2.45) is 0 Å². The predicted octanol–water partition coefficient (Wildman–Crippen LogP) is 0.927. The van der Waals surface area contributed by atoms with E-state index in [9.17, 15) is 4.79 Å². The van der Waals surface area contributed by atoms with E-state index in [1.165, 1.54) is 12.1 Å². The lowest BCUT2D eigenvalue weighted by molar-refractivity contribution is -0.902. The summed E-state index contributed by atoms with van der Waals surface area (Å²) in [7, 11) is 0. The molecule has 1 aromatic rings. The van der Waals surface area contributed by atoms with Gasteiger partial charge in [-0.05, 0) is 18.4 Å². The van der Waals surface area contributed by atoms with Crippen LogP contribution in [0.4, 0.5) is 0 Å². The zero-order valence-electron chi connectivity index (χ0n) is 12.1. The number of carbonyl (C=O) groups excluding carboxylic acids is 1. The molecule has 0 aromatic heterocycles. The number of benzene rings is 1. The molecule has 1 atom stereocenters. The second-order valence-electron chi connectivity index (χ2n) is 5.50. The number of hydrogen-bond donors (Lipinski definition) is 1. The Hall–Kier alpha value is -1.35. The fraction of sp³-hybridized carbons (Fsp3) is 0.562. The molecule has 1 N–H and O–H groups in total. The minimum absolute atomic E-state index is 0.310. The van der Waals surface area contributed by atoms with E-state index in [0.717, 1.165) is 26.2 Å². The smallest absolute Gasteiger partial charge is 0.223 e. The van der Waals surface area contributed by atoms with Gasteiger partial charge in [0.2, 0.25) is 5.91 Å². The summed E-state index contributed by atoms with van der Waals surface area (Å²) in [4.78, 5) is 15.9. The Morgan fingerprint density at radius 2 is 1.89 bits per heavy atom. The number of quaternary nitrogens is 1. The van der Waals surface area contributed by atoms with Gasteiger partial charge in [-0.2, -0.15) is 0 Å². The molecule has 0 radical (unpaired) electrons. The number of amides is 1. The minimum Gasteiger partial charge on any atom is -0.332 e. The molecule has 0 aliphatic carbocycles. The number of nitrogens with zero attached hydrogens (tertiary/aromatic N) is 1. The molecule has 2 rings (SSSR count). The molecule has 1 unspecified atom stereocenters. The van der Waals surface area contributed by atoms with Crippen molar-refractivity contribution in [1.82, 2.24) is 4.90 Å². The van der Waals surface area contributed by atoms with Gasteiger partial charge >= 0.3 is 0 Å². The molecule has 1 heterocycles. The number of carbonyl (C=O) groups is 1. The predicted molar refractivity (Wildman–Crippen MR) is 77.3 cm³/mol. The molecule has 1 aromatic carbocycles. The van der Waals surface area contributed by atoms with E-state index in [0.29, 0.717) is 18.2 Å². The number of nitrogens with one attached hydrogen (secondary N) is 1. The van der Waals surface area contributed by atoms with Gasteiger partial charge in [0.25, 0.3) is 0 Å². The van der Waals surface area contributed by atoms with Crippen LogP contribution in [0.25, 0.3) is 0 Å². The minimum atomic E-state index is 0.310. The highest BCUT2D eigenvalue weighted by molar-refractivity contribution is 5.77. The maximum Gasteiger partial charge on any atom is 0.223 e. The van der Waals surface area contributed by atoms with Crippen molar-refractivity contribution in [2.45, 2.75) is 26.2 Å². The van der Waals surface area contributed by atoms with Crippen molar-refractivity contribution in [3.8, 4) is 0 Å². The number of piperazine rings is 1. The molecule has 1 amide bonds. The van der Waals surface area contributed by atoms with E-state index in [1.54, 1.807) is 4.90 Å². The zero-order chi connectivity index (χ0) is 13.7. The van der Waals surface area contributed by atoms with E-state index in [1.807, 2.05) is 23.1 Å². The summed E-state index contributed by atoms with van der Waals surface area (Å²) in [5, 5.41) is 0. The molecule has 3 nitrogen and oxygen atoms in total. The maximum atomic E-state index is 12.3. The highest BCUT2D eigenvalue weighted by atomic mass is 16.2. The Bertz CT molecular complexity index is 396. The maximum absolute atomic E-state index is 12.3. The van der Waals surface area contributed by atoms with Gasteiger partial charge in [0.1, 0.15) is 0 Å². The van der Waals surface area contributed by atoms with E-state index in [4.69, 9.17) is 0 Å². The Morgan fingerprint density at radius 1 is 1.26 bits per heavy atom. The van der Waals surface area contributed by atoms with Crippen LogP contribution in [0.2, 0.25) is 0 Å². The lowest BCUT2D eigenvalue weighted by Crippen LogP contribution is -3.14. The molecule has 1 aliphatic rings. The average molecular weight is 261 g/mol. The summed E-state index contributed by atoms with van der Waals surface area (Å²) in [6.45, 7) is 9.56. The van der Waals surface area contributed by atoms with Crippen LogP contribution in [0.5, 0.6) is 0 Å². The molecule has 0 saturated carbocycles. The average Bonchev–Trinajstić information content (AvgIpc) is 2.48. The summed E-state index contributed by atoms with van der Waals surface area (Å²) in [6, 6.07) is 10.3. The van der Waals surface area contributed by atoms with Crippen molar-refractivity contribution in [2.75, 3.05) is 32.7 Å². The third-order valence-electron chi connectivity index (χ3n) is 4.17. The van der Waals surface area contributed by atoms with E-state index in [2.05, 4.69) is 26.0 Å². The lowest BCUT2D eigenvalue weighted by atomic mass is 9.97. The topological polar surface area (TPSA) is 24.8 Å². The van der Waals surface area contributed by atoms with Gasteiger partial charge < -0.3 is 9.80 Å². The zero-order valence-corrected chi connectivity index (χ0v) is 12.1. The highest BCUT2D eigenvalue weighted by Gasteiger charge is 2.23. The fourth-order valence-electron chi connectivity index (χ4n) is 2.72. The second-order valence-corrected chi connectivity index (χ2v) is 5.50. The first-order valence-corrected chi connectivity index (χ1v) is 7.37. The Balaban J connectivity index is 1.84. The summed E-state index contributed by atoms with van der Waals surface area (Å²) < 4.78 is 0. The van der Waals surface area contributed by atoms with Crippen LogP contribution in [0, 0.1) is 0 Å². The van der Waals surface area contributed by atoms with E-state index < -0.39 is 0 Å². The first kappa shape index (κ1) is 14.1. The van der Waals surface area contributed by atoms with Crippen LogP contribution >= 0.6 is 0 Å². The Labute approximate surface area is 116 Å². The molecule has 0 bridgehead atoms. The highest BCUT2D eigenvalue weighted by Crippen LogP contribution is 2.19. The number of hydrogen-bond acceptors (Lipinski definition) is 1. The molecule has 3 heteroatoms. The third kappa shape index (κ3) is 3.80. The van der Waals surface area contributed by atoms with Gasteiger partial charge in [-0.3, -0.25) is 4.79 Å². The first-order valence-electron chi connectivity index (χ1n) is 7.37. The lowest BCUT2D eigenvalue weighted by Gasteiger charge is -2.32. The van der Waals surface area contributed by atoms with Crippen LogP contribution in [0.3, 0.4) is 0 Å². The van der Waals surface area contributed by atoms with Crippen molar-refractivity contribution < 1.29 is 9.69 Å². The largest absolute Gasteiger partial charge is 0.332 e. The van der Waals surface area contributed by atoms with Gasteiger partial charge in [0.05, 0.1) is 32.7 Å². The molecular formula is C16H25N2O+. The van der Waals surface area contributed by atoms with Crippen LogP contribution in [-0.4, -0.2) is 43.5 Å². The molecular weight excluding hydrogens is 236 g/mol. The third-order valence-corrected chi connectivity index (χ3v) is 4.17. The molecule has 104 valence electrons.